The van der Waals surface area contributed by atoms with E-state index in [-0.39, 0.29) is 39.7 Å². The van der Waals surface area contributed by atoms with Gasteiger partial charge in [0.05, 0.1) is 16.4 Å². The highest BCUT2D eigenvalue weighted by Gasteiger charge is 2.30. The van der Waals surface area contributed by atoms with Crippen LogP contribution < -0.4 is 5.32 Å². The van der Waals surface area contributed by atoms with Crippen LogP contribution in [0.5, 0.6) is 5.75 Å². The minimum absolute atomic E-state index is 0.107. The Kier molecular flexibility index (Phi) is 6.04. The number of hydrogen-bond acceptors (Lipinski definition) is 5. The molecule has 160 valence electrons. The number of nitrogens with one attached hydrogen (secondary N) is 1. The average Bonchev–Trinajstić information content (AvgIpc) is 2.79. The van der Waals surface area contributed by atoms with Gasteiger partial charge in [0.15, 0.2) is 0 Å². The molecule has 1 atom stereocenters. The lowest BCUT2D eigenvalue weighted by Gasteiger charge is -2.26. The third-order valence-corrected chi connectivity index (χ3v) is 6.20. The Hall–Kier alpha value is -3.19. The summed E-state index contributed by atoms with van der Waals surface area (Å²) in [5.41, 5.74) is 0.652. The molecule has 1 fully saturated rings. The number of nitrogens with zero attached hydrogens (tertiary/aromatic N) is 2. The van der Waals surface area contributed by atoms with E-state index in [9.17, 15) is 20.0 Å². The van der Waals surface area contributed by atoms with Crippen LogP contribution in [0.25, 0.3) is 10.9 Å². The first-order valence-corrected chi connectivity index (χ1v) is 10.6. The Morgan fingerprint density at radius 3 is 2.61 bits per heavy atom. The quantitative estimate of drug-likeness (QED) is 0.415. The molecule has 0 unspecified atom stereocenters. The Balaban J connectivity index is 1.86. The van der Waals surface area contributed by atoms with Crippen LogP contribution in [0.2, 0.25) is 5.02 Å². The molecule has 4 rings (SSSR count). The van der Waals surface area contributed by atoms with Crippen molar-refractivity contribution in [3.05, 3.63) is 74.9 Å². The number of pyridine rings is 1. The van der Waals surface area contributed by atoms with E-state index in [0.717, 1.165) is 32.1 Å². The van der Waals surface area contributed by atoms with E-state index in [2.05, 4.69) is 10.3 Å². The highest BCUT2D eigenvalue weighted by Crippen LogP contribution is 2.41. The number of carbonyl (C=O) groups is 1. The summed E-state index contributed by atoms with van der Waals surface area (Å²) in [7, 11) is 0. The van der Waals surface area contributed by atoms with Gasteiger partial charge in [-0.2, -0.15) is 0 Å². The van der Waals surface area contributed by atoms with Crippen LogP contribution in [0.15, 0.2) is 48.7 Å². The first-order chi connectivity index (χ1) is 15.0. The molecule has 2 aromatic carbocycles. The van der Waals surface area contributed by atoms with Crippen LogP contribution >= 0.6 is 11.6 Å². The SMILES string of the molecule is O=C(N[C@H](c1ccccc1Cl)c1cc([N+](=O)[O-])c2cccnc2c1O)C1CCCCC1. The number of aromatic nitrogens is 1. The van der Waals surface area contributed by atoms with Crippen LogP contribution in [0.1, 0.15) is 49.3 Å². The van der Waals surface area contributed by atoms with Crippen molar-refractivity contribution in [3.63, 3.8) is 0 Å². The molecule has 8 heteroatoms. The lowest BCUT2D eigenvalue weighted by molar-refractivity contribution is -0.383. The van der Waals surface area contributed by atoms with Crippen LogP contribution in [0.3, 0.4) is 0 Å². The fraction of sp³-hybridized carbons (Fsp3) is 0.304. The largest absolute Gasteiger partial charge is 0.505 e. The molecule has 1 saturated carbocycles. The lowest BCUT2D eigenvalue weighted by Crippen LogP contribution is -2.35. The van der Waals surface area contributed by atoms with E-state index >= 15 is 0 Å². The summed E-state index contributed by atoms with van der Waals surface area (Å²) in [6.45, 7) is 0. The number of nitro groups is 1. The number of aromatic hydroxyl groups is 1. The van der Waals surface area contributed by atoms with Gasteiger partial charge in [-0.3, -0.25) is 19.9 Å². The predicted molar refractivity (Wildman–Crippen MR) is 118 cm³/mol. The van der Waals surface area contributed by atoms with Gasteiger partial charge < -0.3 is 10.4 Å². The maximum absolute atomic E-state index is 13.1. The van der Waals surface area contributed by atoms with E-state index in [4.69, 9.17) is 11.6 Å². The fourth-order valence-corrected chi connectivity index (χ4v) is 4.50. The number of phenols is 1. The molecule has 2 N–H and O–H groups in total. The van der Waals surface area contributed by atoms with Gasteiger partial charge in [0.1, 0.15) is 11.3 Å². The number of fused-ring (bicyclic) bond motifs is 1. The number of rotatable bonds is 5. The van der Waals surface area contributed by atoms with Gasteiger partial charge in [-0.1, -0.05) is 49.1 Å². The second kappa shape index (κ2) is 8.89. The molecule has 0 radical (unpaired) electrons. The first kappa shape index (κ1) is 21.1. The summed E-state index contributed by atoms with van der Waals surface area (Å²) >= 11 is 6.43. The van der Waals surface area contributed by atoms with Crippen molar-refractivity contribution in [2.24, 2.45) is 5.92 Å². The molecule has 1 aromatic heterocycles. The Morgan fingerprint density at radius 2 is 1.90 bits per heavy atom. The fourth-order valence-electron chi connectivity index (χ4n) is 4.26. The predicted octanol–water partition coefficient (Wildman–Crippen LogP) is 5.29. The van der Waals surface area contributed by atoms with Crippen LogP contribution in [0, 0.1) is 16.0 Å². The van der Waals surface area contributed by atoms with Crippen molar-refractivity contribution in [1.29, 1.82) is 0 Å². The minimum Gasteiger partial charge on any atom is -0.505 e. The third-order valence-electron chi connectivity index (χ3n) is 5.86. The van der Waals surface area contributed by atoms with Gasteiger partial charge in [-0.15, -0.1) is 0 Å². The van der Waals surface area contributed by atoms with E-state index in [0.29, 0.717) is 10.6 Å². The molecular formula is C23H22ClN3O4. The standard InChI is InChI=1S/C23H22ClN3O4/c24-18-11-5-4-9-15(18)20(26-23(29)14-7-2-1-3-8-14)17-13-19(27(30)31)16-10-6-12-25-21(16)22(17)28/h4-6,9-14,20,28H,1-3,7-8H2,(H,26,29)/t20-/m1/s1. The molecule has 0 saturated heterocycles. The molecule has 3 aromatic rings. The highest BCUT2D eigenvalue weighted by molar-refractivity contribution is 6.31. The zero-order valence-electron chi connectivity index (χ0n) is 16.8. The van der Waals surface area contributed by atoms with Crippen molar-refractivity contribution < 1.29 is 14.8 Å². The number of hydrogen-bond donors (Lipinski definition) is 2. The maximum atomic E-state index is 13.1. The van der Waals surface area contributed by atoms with Crippen molar-refractivity contribution >= 4 is 34.1 Å². The summed E-state index contributed by atoms with van der Waals surface area (Å²) in [5.74, 6) is -0.489. The molecule has 0 aliphatic heterocycles. The van der Waals surface area contributed by atoms with Crippen molar-refractivity contribution in [2.75, 3.05) is 0 Å². The summed E-state index contributed by atoms with van der Waals surface area (Å²) in [5, 5.41) is 26.4. The molecule has 7 nitrogen and oxygen atoms in total. The van der Waals surface area contributed by atoms with Crippen LogP contribution in [0.4, 0.5) is 5.69 Å². The molecular weight excluding hydrogens is 418 g/mol. The molecule has 1 amide bonds. The van der Waals surface area contributed by atoms with Crippen LogP contribution in [-0.4, -0.2) is 20.9 Å². The van der Waals surface area contributed by atoms with Crippen molar-refractivity contribution in [3.8, 4) is 5.75 Å². The smallest absolute Gasteiger partial charge is 0.279 e. The number of phenolic OH excluding ortho intramolecular Hbond substituents is 1. The van der Waals surface area contributed by atoms with Gasteiger partial charge in [0, 0.05) is 28.8 Å². The van der Waals surface area contributed by atoms with Gasteiger partial charge in [-0.25, -0.2) is 0 Å². The Morgan fingerprint density at radius 1 is 1.16 bits per heavy atom. The molecule has 0 bridgehead atoms. The number of halogens is 1. The van der Waals surface area contributed by atoms with E-state index in [1.54, 1.807) is 30.3 Å². The number of non-ortho nitro benzene ring substituents is 1. The minimum atomic E-state index is -0.853. The average molecular weight is 440 g/mol. The number of nitro benzene ring substituents is 1. The van der Waals surface area contributed by atoms with Crippen molar-refractivity contribution in [2.45, 2.75) is 38.1 Å². The maximum Gasteiger partial charge on any atom is 0.279 e. The molecule has 1 heterocycles. The number of amides is 1. The van der Waals surface area contributed by atoms with Crippen LogP contribution in [-0.2, 0) is 4.79 Å². The zero-order valence-corrected chi connectivity index (χ0v) is 17.5. The summed E-state index contributed by atoms with van der Waals surface area (Å²) in [4.78, 5) is 28.5. The first-order valence-electron chi connectivity index (χ1n) is 10.3. The van der Waals surface area contributed by atoms with E-state index < -0.39 is 11.0 Å². The third kappa shape index (κ3) is 4.18. The second-order valence-electron chi connectivity index (χ2n) is 7.79. The number of benzene rings is 2. The van der Waals surface area contributed by atoms with E-state index in [1.165, 1.54) is 18.3 Å². The summed E-state index contributed by atoms with van der Waals surface area (Å²) < 4.78 is 0. The number of carbonyl (C=O) groups excluding carboxylic acids is 1. The Labute approximate surface area is 184 Å². The molecule has 1 aliphatic rings. The lowest BCUT2D eigenvalue weighted by atomic mass is 9.87. The molecule has 31 heavy (non-hydrogen) atoms. The summed E-state index contributed by atoms with van der Waals surface area (Å²) in [6, 6.07) is 10.5. The normalized spacial score (nSPS) is 15.5. The monoisotopic (exact) mass is 439 g/mol. The Bertz CT molecular complexity index is 1140. The van der Waals surface area contributed by atoms with Gasteiger partial charge in [0.2, 0.25) is 5.91 Å². The van der Waals surface area contributed by atoms with Crippen molar-refractivity contribution in [1.82, 2.24) is 10.3 Å². The topological polar surface area (TPSA) is 105 Å². The van der Waals surface area contributed by atoms with Gasteiger partial charge in [-0.05, 0) is 36.6 Å². The van der Waals surface area contributed by atoms with E-state index in [1.807, 2.05) is 0 Å². The van der Waals surface area contributed by atoms with Gasteiger partial charge >= 0.3 is 0 Å². The zero-order chi connectivity index (χ0) is 22.0. The molecule has 0 spiro atoms. The molecule has 1 aliphatic carbocycles. The second-order valence-corrected chi connectivity index (χ2v) is 8.20. The van der Waals surface area contributed by atoms with Gasteiger partial charge in [0.25, 0.3) is 5.69 Å². The highest BCUT2D eigenvalue weighted by atomic mass is 35.5. The summed E-state index contributed by atoms with van der Waals surface area (Å²) in [6.07, 6.45) is 6.15.